The third kappa shape index (κ3) is 3.16. The molecule has 1 aliphatic heterocycles. The van der Waals surface area contributed by atoms with Crippen LogP contribution in [-0.2, 0) is 19.1 Å². The summed E-state index contributed by atoms with van der Waals surface area (Å²) >= 11 is 0. The number of hydrogen-bond donors (Lipinski definition) is 0. The highest BCUT2D eigenvalue weighted by atomic mass is 19.4. The third-order valence-corrected chi connectivity index (χ3v) is 4.90. The van der Waals surface area contributed by atoms with Crippen LogP contribution in [0.4, 0.5) is 13.2 Å². The van der Waals surface area contributed by atoms with Gasteiger partial charge in [-0.05, 0) is 53.8 Å². The summed E-state index contributed by atoms with van der Waals surface area (Å²) < 4.78 is 40.5. The van der Waals surface area contributed by atoms with E-state index in [4.69, 9.17) is 0 Å². The Morgan fingerprint density at radius 1 is 1.15 bits per heavy atom. The van der Waals surface area contributed by atoms with Gasteiger partial charge in [0.2, 0.25) is 0 Å². The lowest BCUT2D eigenvalue weighted by Gasteiger charge is -2.09. The molecule has 0 fully saturated rings. The normalized spacial score (nSPS) is 15.5. The second-order valence-corrected chi connectivity index (χ2v) is 6.64. The summed E-state index contributed by atoms with van der Waals surface area (Å²) in [6.45, 7) is 2.56. The van der Waals surface area contributed by atoms with E-state index in [0.29, 0.717) is 18.8 Å². The van der Waals surface area contributed by atoms with E-state index in [2.05, 4.69) is 11.9 Å². The number of halogens is 3. The van der Waals surface area contributed by atoms with Crippen LogP contribution >= 0.6 is 0 Å². The van der Waals surface area contributed by atoms with Crippen LogP contribution in [0, 0.1) is 0 Å². The first-order valence-electron chi connectivity index (χ1n) is 8.78. The van der Waals surface area contributed by atoms with Crippen molar-refractivity contribution in [3.8, 4) is 0 Å². The van der Waals surface area contributed by atoms with Crippen molar-refractivity contribution in [1.82, 2.24) is 9.55 Å². The van der Waals surface area contributed by atoms with Gasteiger partial charge in [0.1, 0.15) is 5.82 Å². The van der Waals surface area contributed by atoms with E-state index < -0.39 is 11.7 Å². The van der Waals surface area contributed by atoms with Gasteiger partial charge in [0.05, 0.1) is 16.5 Å². The molecule has 1 aliphatic rings. The second-order valence-electron chi connectivity index (χ2n) is 6.64. The predicted octanol–water partition coefficient (Wildman–Crippen LogP) is 4.92. The molecule has 0 saturated carbocycles. The molecule has 3 nitrogen and oxygen atoms in total. The van der Waals surface area contributed by atoms with E-state index >= 15 is 0 Å². The largest absolute Gasteiger partial charge is 0.416 e. The Labute approximate surface area is 153 Å². The Bertz CT molecular complexity index is 1110. The third-order valence-electron chi connectivity index (χ3n) is 4.90. The molecule has 138 valence electrons. The maximum Gasteiger partial charge on any atom is 0.416 e. The fourth-order valence-electron chi connectivity index (χ4n) is 3.38. The van der Waals surface area contributed by atoms with Crippen LogP contribution < -0.4 is 5.56 Å². The molecule has 0 atom stereocenters. The molecule has 4 rings (SSSR count). The van der Waals surface area contributed by atoms with Crippen molar-refractivity contribution in [3.63, 3.8) is 0 Å². The molecule has 27 heavy (non-hydrogen) atoms. The standard InChI is InChI=1S/C21H17F3N2O/c1-2-13-3-5-14(6-4-13)11-15-9-10-26-19(15)25-18-12-16(21(22,23)24)7-8-17(18)20(26)27/h3-8,11-12H,2,9-10H2,1H3/b15-11+. The molecule has 2 aromatic carbocycles. The molecular weight excluding hydrogens is 353 g/mol. The van der Waals surface area contributed by atoms with Gasteiger partial charge in [-0.3, -0.25) is 9.36 Å². The highest BCUT2D eigenvalue weighted by Crippen LogP contribution is 2.32. The average Bonchev–Trinajstić information content (AvgIpc) is 3.04. The van der Waals surface area contributed by atoms with Gasteiger partial charge in [0.15, 0.2) is 0 Å². The van der Waals surface area contributed by atoms with Gasteiger partial charge in [-0.25, -0.2) is 4.98 Å². The highest BCUT2D eigenvalue weighted by Gasteiger charge is 2.31. The quantitative estimate of drug-likeness (QED) is 0.642. The van der Waals surface area contributed by atoms with E-state index in [0.717, 1.165) is 29.7 Å². The number of alkyl halides is 3. The number of nitrogens with zero attached hydrogens (tertiary/aromatic N) is 2. The first-order chi connectivity index (χ1) is 12.9. The Morgan fingerprint density at radius 2 is 1.89 bits per heavy atom. The molecule has 0 saturated heterocycles. The summed E-state index contributed by atoms with van der Waals surface area (Å²) in [5.74, 6) is 0.450. The van der Waals surface area contributed by atoms with Gasteiger partial charge >= 0.3 is 6.18 Å². The number of benzene rings is 2. The van der Waals surface area contributed by atoms with Crippen LogP contribution in [0.1, 0.15) is 35.9 Å². The molecule has 0 amide bonds. The molecule has 3 aromatic rings. The van der Waals surface area contributed by atoms with Crippen molar-refractivity contribution in [1.29, 1.82) is 0 Å². The van der Waals surface area contributed by atoms with Gasteiger partial charge in [0, 0.05) is 6.54 Å². The first kappa shape index (κ1) is 17.5. The van der Waals surface area contributed by atoms with Gasteiger partial charge in [-0.2, -0.15) is 13.2 Å². The van der Waals surface area contributed by atoms with Crippen molar-refractivity contribution in [2.75, 3.05) is 0 Å². The molecule has 6 heteroatoms. The summed E-state index contributed by atoms with van der Waals surface area (Å²) in [4.78, 5) is 17.1. The Hall–Kier alpha value is -2.89. The molecule has 0 bridgehead atoms. The zero-order valence-corrected chi connectivity index (χ0v) is 14.7. The van der Waals surface area contributed by atoms with Gasteiger partial charge in [-0.15, -0.1) is 0 Å². The fourth-order valence-corrected chi connectivity index (χ4v) is 3.38. The Kier molecular flexibility index (Phi) is 4.13. The van der Waals surface area contributed by atoms with E-state index in [9.17, 15) is 18.0 Å². The number of allylic oxidation sites excluding steroid dienone is 1. The number of fused-ring (bicyclic) bond motifs is 2. The molecule has 2 heterocycles. The van der Waals surface area contributed by atoms with Crippen LogP contribution in [0.5, 0.6) is 0 Å². The van der Waals surface area contributed by atoms with E-state index in [1.165, 1.54) is 11.6 Å². The van der Waals surface area contributed by atoms with E-state index in [1.807, 2.05) is 30.3 Å². The molecule has 0 spiro atoms. The van der Waals surface area contributed by atoms with Crippen LogP contribution in [0.15, 0.2) is 47.3 Å². The topological polar surface area (TPSA) is 34.9 Å². The van der Waals surface area contributed by atoms with Crippen LogP contribution in [0.25, 0.3) is 22.6 Å². The number of aromatic nitrogens is 2. The molecule has 1 aromatic heterocycles. The average molecular weight is 370 g/mol. The number of aryl methyl sites for hydroxylation is 1. The molecule has 0 unspecified atom stereocenters. The van der Waals surface area contributed by atoms with Crippen molar-refractivity contribution < 1.29 is 13.2 Å². The summed E-state index contributed by atoms with van der Waals surface area (Å²) in [6.07, 6.45) is -0.945. The molecule has 0 radical (unpaired) electrons. The molecular formula is C21H17F3N2O. The molecule has 0 aliphatic carbocycles. The van der Waals surface area contributed by atoms with Gasteiger partial charge in [0.25, 0.3) is 5.56 Å². The van der Waals surface area contributed by atoms with E-state index in [1.54, 1.807) is 4.57 Å². The smallest absolute Gasteiger partial charge is 0.292 e. The monoisotopic (exact) mass is 370 g/mol. The van der Waals surface area contributed by atoms with Crippen LogP contribution in [0.3, 0.4) is 0 Å². The zero-order valence-electron chi connectivity index (χ0n) is 14.7. The number of rotatable bonds is 2. The van der Waals surface area contributed by atoms with Gasteiger partial charge in [-0.1, -0.05) is 31.2 Å². The maximum atomic E-state index is 13.0. The lowest BCUT2D eigenvalue weighted by atomic mass is 10.1. The summed E-state index contributed by atoms with van der Waals surface area (Å²) in [5.41, 5.74) is 2.04. The summed E-state index contributed by atoms with van der Waals surface area (Å²) in [6, 6.07) is 11.2. The van der Waals surface area contributed by atoms with Crippen LogP contribution in [0.2, 0.25) is 0 Å². The van der Waals surface area contributed by atoms with Crippen molar-refractivity contribution in [3.05, 3.63) is 75.3 Å². The van der Waals surface area contributed by atoms with Crippen molar-refractivity contribution >= 4 is 22.6 Å². The zero-order chi connectivity index (χ0) is 19.2. The van der Waals surface area contributed by atoms with Crippen molar-refractivity contribution in [2.24, 2.45) is 0 Å². The SMILES string of the molecule is CCc1ccc(/C=C2\CCn3c2nc2cc(C(F)(F)F)ccc2c3=O)cc1. The summed E-state index contributed by atoms with van der Waals surface area (Å²) in [7, 11) is 0. The second kappa shape index (κ2) is 6.37. The van der Waals surface area contributed by atoms with Gasteiger partial charge < -0.3 is 0 Å². The van der Waals surface area contributed by atoms with E-state index in [-0.39, 0.29) is 16.5 Å². The minimum absolute atomic E-state index is 0.0789. The lowest BCUT2D eigenvalue weighted by molar-refractivity contribution is -0.137. The minimum Gasteiger partial charge on any atom is -0.292 e. The summed E-state index contributed by atoms with van der Waals surface area (Å²) in [5, 5.41) is 0.209. The predicted molar refractivity (Wildman–Crippen MR) is 99.3 cm³/mol. The molecule has 0 N–H and O–H groups in total. The van der Waals surface area contributed by atoms with Crippen molar-refractivity contribution in [2.45, 2.75) is 32.5 Å². The highest BCUT2D eigenvalue weighted by molar-refractivity contribution is 5.85. The Morgan fingerprint density at radius 3 is 2.56 bits per heavy atom. The van der Waals surface area contributed by atoms with Crippen LogP contribution in [-0.4, -0.2) is 9.55 Å². The Balaban J connectivity index is 1.83. The number of hydrogen-bond acceptors (Lipinski definition) is 2. The minimum atomic E-state index is -4.47. The fraction of sp³-hybridized carbons (Fsp3) is 0.238. The first-order valence-corrected chi connectivity index (χ1v) is 8.78. The lowest BCUT2D eigenvalue weighted by Crippen LogP contribution is -2.21. The maximum absolute atomic E-state index is 13.0.